The largest absolute Gasteiger partial charge is 0.360 e. The van der Waals surface area contributed by atoms with Crippen LogP contribution in [-0.4, -0.2) is 24.6 Å². The fourth-order valence-corrected chi connectivity index (χ4v) is 2.13. The highest BCUT2D eigenvalue weighted by atomic mass is 15.2. The molecule has 18 heavy (non-hydrogen) atoms. The summed E-state index contributed by atoms with van der Waals surface area (Å²) in [5.74, 6) is 1.05. The molecule has 3 heteroatoms. The van der Waals surface area contributed by atoms with Crippen molar-refractivity contribution in [2.75, 3.05) is 18.5 Å². The van der Waals surface area contributed by atoms with Crippen molar-refractivity contribution in [1.29, 1.82) is 0 Å². The van der Waals surface area contributed by atoms with Crippen molar-refractivity contribution < 1.29 is 0 Å². The normalized spacial score (nSPS) is 12.7. The molecule has 0 saturated carbocycles. The minimum absolute atomic E-state index is 0.150. The summed E-state index contributed by atoms with van der Waals surface area (Å²) in [6.07, 6.45) is 0.859. The maximum Gasteiger partial charge on any atom is 0.132 e. The molecule has 0 saturated heterocycles. The lowest BCUT2D eigenvalue weighted by Gasteiger charge is -2.21. The predicted molar refractivity (Wildman–Crippen MR) is 78.0 cm³/mol. The van der Waals surface area contributed by atoms with Crippen molar-refractivity contribution in [3.63, 3.8) is 0 Å². The highest BCUT2D eigenvalue weighted by Gasteiger charge is 2.11. The lowest BCUT2D eigenvalue weighted by atomic mass is 10.1. The van der Waals surface area contributed by atoms with E-state index in [1.54, 1.807) is 0 Å². The van der Waals surface area contributed by atoms with Gasteiger partial charge < -0.3 is 10.6 Å². The maximum absolute atomic E-state index is 5.93. The van der Waals surface area contributed by atoms with Crippen LogP contribution in [0.5, 0.6) is 0 Å². The number of aromatic nitrogens is 1. The number of anilines is 1. The summed E-state index contributed by atoms with van der Waals surface area (Å²) in [5, 5.41) is 1.18. The number of nitrogens with two attached hydrogens (primary N) is 1. The van der Waals surface area contributed by atoms with Crippen molar-refractivity contribution in [2.45, 2.75) is 26.3 Å². The molecule has 0 aliphatic carbocycles. The number of rotatable bonds is 4. The van der Waals surface area contributed by atoms with Crippen molar-refractivity contribution in [2.24, 2.45) is 5.73 Å². The van der Waals surface area contributed by atoms with Crippen LogP contribution in [0.3, 0.4) is 0 Å². The van der Waals surface area contributed by atoms with Gasteiger partial charge >= 0.3 is 0 Å². The summed E-state index contributed by atoms with van der Waals surface area (Å²) < 4.78 is 0. The van der Waals surface area contributed by atoms with Gasteiger partial charge in [-0.15, -0.1) is 0 Å². The Labute approximate surface area is 109 Å². The number of hydrogen-bond acceptors (Lipinski definition) is 3. The summed E-state index contributed by atoms with van der Waals surface area (Å²) in [7, 11) is 2.07. The highest BCUT2D eigenvalue weighted by molar-refractivity contribution is 5.81. The summed E-state index contributed by atoms with van der Waals surface area (Å²) >= 11 is 0. The number of nitrogens with zero attached hydrogens (tertiary/aromatic N) is 2. The number of hydrogen-bond donors (Lipinski definition) is 1. The van der Waals surface area contributed by atoms with Crippen LogP contribution < -0.4 is 10.6 Å². The van der Waals surface area contributed by atoms with Gasteiger partial charge in [0.15, 0.2) is 0 Å². The van der Waals surface area contributed by atoms with Gasteiger partial charge in [0.2, 0.25) is 0 Å². The number of para-hydroxylation sites is 1. The second-order valence-electron chi connectivity index (χ2n) is 4.86. The molecule has 3 nitrogen and oxygen atoms in total. The van der Waals surface area contributed by atoms with Crippen LogP contribution in [0.15, 0.2) is 30.3 Å². The number of pyridine rings is 1. The van der Waals surface area contributed by atoms with Crippen LogP contribution in [-0.2, 0) is 6.42 Å². The molecule has 2 rings (SSSR count). The van der Waals surface area contributed by atoms with E-state index in [0.29, 0.717) is 0 Å². The molecule has 0 aliphatic rings. The zero-order valence-electron chi connectivity index (χ0n) is 11.4. The Kier molecular flexibility index (Phi) is 3.82. The third-order valence-electron chi connectivity index (χ3n) is 3.16. The van der Waals surface area contributed by atoms with Gasteiger partial charge in [0.1, 0.15) is 5.82 Å². The third kappa shape index (κ3) is 2.62. The van der Waals surface area contributed by atoms with Gasteiger partial charge in [0.05, 0.1) is 5.52 Å². The molecule has 0 amide bonds. The van der Waals surface area contributed by atoms with E-state index in [4.69, 9.17) is 10.7 Å². The lowest BCUT2D eigenvalue weighted by Crippen LogP contribution is -2.23. The molecule has 0 bridgehead atoms. The summed E-state index contributed by atoms with van der Waals surface area (Å²) in [5.41, 5.74) is 8.21. The minimum Gasteiger partial charge on any atom is -0.360 e. The van der Waals surface area contributed by atoms with Crippen molar-refractivity contribution in [1.82, 2.24) is 4.98 Å². The smallest absolute Gasteiger partial charge is 0.132 e. The first-order valence-corrected chi connectivity index (χ1v) is 6.47. The Balaban J connectivity index is 2.56. The molecule has 1 unspecified atom stereocenters. The van der Waals surface area contributed by atoms with E-state index in [-0.39, 0.29) is 6.04 Å². The Bertz CT molecular complexity index is 534. The molecule has 1 aromatic carbocycles. The van der Waals surface area contributed by atoms with E-state index in [2.05, 4.69) is 37.1 Å². The van der Waals surface area contributed by atoms with Crippen LogP contribution in [0.2, 0.25) is 0 Å². The van der Waals surface area contributed by atoms with Gasteiger partial charge in [-0.2, -0.15) is 0 Å². The third-order valence-corrected chi connectivity index (χ3v) is 3.16. The summed E-state index contributed by atoms with van der Waals surface area (Å²) in [6.45, 7) is 5.11. The fourth-order valence-electron chi connectivity index (χ4n) is 2.13. The quantitative estimate of drug-likeness (QED) is 0.897. The van der Waals surface area contributed by atoms with E-state index in [0.717, 1.165) is 24.3 Å². The van der Waals surface area contributed by atoms with Crippen molar-refractivity contribution in [3.05, 3.63) is 35.9 Å². The molecule has 2 N–H and O–H groups in total. The molecular formula is C15H21N3. The SMILES string of the molecule is CCN(C)c1nc2ccccc2cc1CC(C)N. The van der Waals surface area contributed by atoms with Crippen molar-refractivity contribution in [3.8, 4) is 0 Å². The average molecular weight is 243 g/mol. The van der Waals surface area contributed by atoms with E-state index >= 15 is 0 Å². The van der Waals surface area contributed by atoms with Crippen LogP contribution in [0, 0.1) is 0 Å². The Morgan fingerprint density at radius 2 is 2.06 bits per heavy atom. The molecule has 0 fully saturated rings. The first kappa shape index (κ1) is 12.8. The second kappa shape index (κ2) is 5.36. The maximum atomic E-state index is 5.93. The van der Waals surface area contributed by atoms with Gasteiger partial charge in [-0.3, -0.25) is 0 Å². The number of benzene rings is 1. The van der Waals surface area contributed by atoms with Crippen LogP contribution in [0.4, 0.5) is 5.82 Å². The summed E-state index contributed by atoms with van der Waals surface area (Å²) in [6, 6.07) is 10.6. The standard InChI is InChI=1S/C15H21N3/c1-4-18(3)15-13(9-11(2)16)10-12-7-5-6-8-14(12)17-15/h5-8,10-11H,4,9,16H2,1-3H3. The molecular weight excluding hydrogens is 222 g/mol. The van der Waals surface area contributed by atoms with Gasteiger partial charge in [0.25, 0.3) is 0 Å². The van der Waals surface area contributed by atoms with Crippen LogP contribution >= 0.6 is 0 Å². The first-order valence-electron chi connectivity index (χ1n) is 6.47. The van der Waals surface area contributed by atoms with E-state index in [1.807, 2.05) is 19.1 Å². The van der Waals surface area contributed by atoms with E-state index in [9.17, 15) is 0 Å². The Hall–Kier alpha value is -1.61. The van der Waals surface area contributed by atoms with Gasteiger partial charge in [0, 0.05) is 25.0 Å². The second-order valence-corrected chi connectivity index (χ2v) is 4.86. The van der Waals surface area contributed by atoms with Gasteiger partial charge in [-0.25, -0.2) is 4.98 Å². The molecule has 0 radical (unpaired) electrons. The molecule has 96 valence electrons. The Morgan fingerprint density at radius 1 is 1.33 bits per heavy atom. The first-order chi connectivity index (χ1) is 8.61. The summed E-state index contributed by atoms with van der Waals surface area (Å²) in [4.78, 5) is 6.94. The van der Waals surface area contributed by atoms with Crippen molar-refractivity contribution >= 4 is 16.7 Å². The topological polar surface area (TPSA) is 42.2 Å². The van der Waals surface area contributed by atoms with Gasteiger partial charge in [-0.05, 0) is 38.0 Å². The molecule has 2 aromatic rings. The minimum atomic E-state index is 0.150. The van der Waals surface area contributed by atoms with E-state index in [1.165, 1.54) is 10.9 Å². The zero-order valence-corrected chi connectivity index (χ0v) is 11.4. The monoisotopic (exact) mass is 243 g/mol. The fraction of sp³-hybridized carbons (Fsp3) is 0.400. The molecule has 1 atom stereocenters. The molecule has 0 aliphatic heterocycles. The lowest BCUT2D eigenvalue weighted by molar-refractivity contribution is 0.733. The average Bonchev–Trinajstić information content (AvgIpc) is 2.36. The van der Waals surface area contributed by atoms with Gasteiger partial charge in [-0.1, -0.05) is 18.2 Å². The van der Waals surface area contributed by atoms with Crippen LogP contribution in [0.1, 0.15) is 19.4 Å². The Morgan fingerprint density at radius 3 is 2.72 bits per heavy atom. The van der Waals surface area contributed by atoms with E-state index < -0.39 is 0 Å². The molecule has 1 aromatic heterocycles. The van der Waals surface area contributed by atoms with Crippen LogP contribution in [0.25, 0.3) is 10.9 Å². The number of fused-ring (bicyclic) bond motifs is 1. The zero-order chi connectivity index (χ0) is 13.1. The molecule has 1 heterocycles. The predicted octanol–water partition coefficient (Wildman–Crippen LogP) is 2.58. The highest BCUT2D eigenvalue weighted by Crippen LogP contribution is 2.23. The molecule has 0 spiro atoms.